The lowest BCUT2D eigenvalue weighted by Crippen LogP contribution is -2.49. The van der Waals surface area contributed by atoms with Crippen molar-refractivity contribution >= 4 is 10.0 Å². The molecule has 0 spiro atoms. The van der Waals surface area contributed by atoms with Gasteiger partial charge in [0.2, 0.25) is 10.0 Å². The quantitative estimate of drug-likeness (QED) is 0.835. The molecular weight excluding hydrogens is 374 g/mol. The van der Waals surface area contributed by atoms with E-state index in [0.717, 1.165) is 17.7 Å². The van der Waals surface area contributed by atoms with E-state index < -0.39 is 27.7 Å². The van der Waals surface area contributed by atoms with Crippen molar-refractivity contribution < 1.29 is 21.9 Å². The molecule has 2 atom stereocenters. The molecule has 0 saturated carbocycles. The van der Waals surface area contributed by atoms with E-state index in [1.165, 1.54) is 12.1 Å². The average Bonchev–Trinajstić information content (AvgIpc) is 3.12. The van der Waals surface area contributed by atoms with Crippen LogP contribution in [0.15, 0.2) is 41.3 Å². The van der Waals surface area contributed by atoms with Crippen molar-refractivity contribution in [1.29, 1.82) is 0 Å². The van der Waals surface area contributed by atoms with Crippen molar-refractivity contribution in [2.75, 3.05) is 19.7 Å². The first-order valence-corrected chi connectivity index (χ1v) is 10.4. The van der Waals surface area contributed by atoms with Gasteiger partial charge in [0.15, 0.2) is 11.6 Å². The first-order valence-electron chi connectivity index (χ1n) is 8.88. The van der Waals surface area contributed by atoms with Crippen LogP contribution in [0.25, 0.3) is 0 Å². The Morgan fingerprint density at radius 3 is 2.78 bits per heavy atom. The molecule has 2 aromatic carbocycles. The average molecular weight is 394 g/mol. The number of piperidine rings is 1. The highest BCUT2D eigenvalue weighted by atomic mass is 32.2. The molecule has 2 unspecified atom stereocenters. The van der Waals surface area contributed by atoms with E-state index >= 15 is 0 Å². The number of halogens is 2. The van der Waals surface area contributed by atoms with Crippen LogP contribution in [0, 0.1) is 11.6 Å². The van der Waals surface area contributed by atoms with Crippen LogP contribution in [-0.2, 0) is 16.4 Å². The summed E-state index contributed by atoms with van der Waals surface area (Å²) in [6.45, 7) is 1.64. The molecule has 144 valence electrons. The Morgan fingerprint density at radius 1 is 1.11 bits per heavy atom. The summed E-state index contributed by atoms with van der Waals surface area (Å²) in [5.41, 5.74) is 1.46. The van der Waals surface area contributed by atoms with E-state index in [1.54, 1.807) is 12.1 Å². The van der Waals surface area contributed by atoms with Gasteiger partial charge in [0.1, 0.15) is 5.75 Å². The molecule has 5 nitrogen and oxygen atoms in total. The summed E-state index contributed by atoms with van der Waals surface area (Å²) in [4.78, 5) is 0.182. The van der Waals surface area contributed by atoms with Crippen LogP contribution in [-0.4, -0.2) is 34.2 Å². The molecule has 0 aliphatic carbocycles. The van der Waals surface area contributed by atoms with Crippen LogP contribution in [0.2, 0.25) is 0 Å². The van der Waals surface area contributed by atoms with Gasteiger partial charge in [-0.3, -0.25) is 0 Å². The number of sulfonamides is 1. The van der Waals surface area contributed by atoms with E-state index in [1.807, 2.05) is 0 Å². The Hall–Kier alpha value is -2.03. The minimum atomic E-state index is -3.75. The van der Waals surface area contributed by atoms with Crippen molar-refractivity contribution in [2.45, 2.75) is 29.7 Å². The number of nitrogens with one attached hydrogen (secondary N) is 2. The Bertz CT molecular complexity index is 965. The number of hydrogen-bond donors (Lipinski definition) is 2. The molecule has 2 aliphatic heterocycles. The molecule has 1 fully saturated rings. The van der Waals surface area contributed by atoms with Gasteiger partial charge in [0.05, 0.1) is 11.5 Å². The van der Waals surface area contributed by atoms with Crippen molar-refractivity contribution in [1.82, 2.24) is 10.0 Å². The fourth-order valence-electron chi connectivity index (χ4n) is 3.72. The summed E-state index contributed by atoms with van der Waals surface area (Å²) in [5.74, 6) is -1.36. The molecule has 0 bridgehead atoms. The highest BCUT2D eigenvalue weighted by Crippen LogP contribution is 2.30. The molecule has 1 saturated heterocycles. The number of hydrogen-bond acceptors (Lipinski definition) is 4. The van der Waals surface area contributed by atoms with E-state index in [9.17, 15) is 17.2 Å². The lowest BCUT2D eigenvalue weighted by atomic mass is 9.86. The summed E-state index contributed by atoms with van der Waals surface area (Å²) >= 11 is 0. The van der Waals surface area contributed by atoms with E-state index in [-0.39, 0.29) is 10.8 Å². The fraction of sp³-hybridized carbons (Fsp3) is 0.368. The lowest BCUT2D eigenvalue weighted by molar-refractivity contribution is 0.356. The van der Waals surface area contributed by atoms with Gasteiger partial charge >= 0.3 is 0 Å². The van der Waals surface area contributed by atoms with E-state index in [2.05, 4.69) is 10.0 Å². The topological polar surface area (TPSA) is 67.4 Å². The van der Waals surface area contributed by atoms with Crippen LogP contribution in [0.1, 0.15) is 23.5 Å². The van der Waals surface area contributed by atoms with E-state index in [0.29, 0.717) is 43.9 Å². The summed E-state index contributed by atoms with van der Waals surface area (Å²) in [5, 5.41) is 3.16. The van der Waals surface area contributed by atoms with Gasteiger partial charge in [-0.2, -0.15) is 0 Å². The molecule has 27 heavy (non-hydrogen) atoms. The predicted octanol–water partition coefficient (Wildman–Crippen LogP) is 2.32. The molecule has 0 aromatic heterocycles. The van der Waals surface area contributed by atoms with Gasteiger partial charge in [0.25, 0.3) is 0 Å². The third-order valence-corrected chi connectivity index (χ3v) is 6.62. The van der Waals surface area contributed by atoms with Gasteiger partial charge in [-0.25, -0.2) is 21.9 Å². The molecule has 0 amide bonds. The molecule has 0 radical (unpaired) electrons. The van der Waals surface area contributed by atoms with Gasteiger partial charge in [-0.05, 0) is 54.4 Å². The molecule has 2 heterocycles. The highest BCUT2D eigenvalue weighted by molar-refractivity contribution is 7.89. The SMILES string of the molecule is O=S(=O)(NC1CNCCC1c1ccc(F)c(F)c1)c1ccc2c(c1)CCO2. The zero-order chi connectivity index (χ0) is 19.0. The van der Waals surface area contributed by atoms with E-state index in [4.69, 9.17) is 4.74 Å². The highest BCUT2D eigenvalue weighted by Gasteiger charge is 2.31. The minimum Gasteiger partial charge on any atom is -0.493 e. The van der Waals surface area contributed by atoms with Crippen LogP contribution >= 0.6 is 0 Å². The van der Waals surface area contributed by atoms with Crippen molar-refractivity contribution in [3.63, 3.8) is 0 Å². The molecule has 2 N–H and O–H groups in total. The second-order valence-electron chi connectivity index (χ2n) is 6.87. The minimum absolute atomic E-state index is 0.182. The van der Waals surface area contributed by atoms with Crippen molar-refractivity contribution in [3.05, 3.63) is 59.2 Å². The van der Waals surface area contributed by atoms with Gasteiger partial charge in [-0.15, -0.1) is 0 Å². The van der Waals surface area contributed by atoms with Crippen LogP contribution < -0.4 is 14.8 Å². The summed E-state index contributed by atoms with van der Waals surface area (Å²) in [7, 11) is -3.75. The number of ether oxygens (including phenoxy) is 1. The first-order chi connectivity index (χ1) is 12.9. The second kappa shape index (κ2) is 7.18. The predicted molar refractivity (Wildman–Crippen MR) is 96.3 cm³/mol. The molecule has 2 aliphatic rings. The molecule has 8 heteroatoms. The third kappa shape index (κ3) is 3.69. The Morgan fingerprint density at radius 2 is 1.96 bits per heavy atom. The van der Waals surface area contributed by atoms with Crippen LogP contribution in [0.3, 0.4) is 0 Å². The monoisotopic (exact) mass is 394 g/mol. The summed E-state index contributed by atoms with van der Waals surface area (Å²) in [6.07, 6.45) is 1.30. The Labute approximate surface area is 156 Å². The summed E-state index contributed by atoms with van der Waals surface area (Å²) in [6, 6.07) is 8.12. The number of benzene rings is 2. The van der Waals surface area contributed by atoms with Crippen molar-refractivity contribution in [2.24, 2.45) is 0 Å². The smallest absolute Gasteiger partial charge is 0.240 e. The normalized spacial score (nSPS) is 22.3. The Kier molecular flexibility index (Phi) is 4.88. The zero-order valence-electron chi connectivity index (χ0n) is 14.5. The second-order valence-corrected chi connectivity index (χ2v) is 8.58. The van der Waals surface area contributed by atoms with Gasteiger partial charge < -0.3 is 10.1 Å². The van der Waals surface area contributed by atoms with Gasteiger partial charge in [0, 0.05) is 24.9 Å². The zero-order valence-corrected chi connectivity index (χ0v) is 15.4. The van der Waals surface area contributed by atoms with Crippen LogP contribution in [0.4, 0.5) is 8.78 Å². The van der Waals surface area contributed by atoms with Crippen LogP contribution in [0.5, 0.6) is 5.75 Å². The summed E-state index contributed by atoms with van der Waals surface area (Å²) < 4.78 is 60.8. The molecule has 2 aromatic rings. The Balaban J connectivity index is 1.59. The maximum Gasteiger partial charge on any atom is 0.240 e. The first kappa shape index (κ1) is 18.3. The largest absolute Gasteiger partial charge is 0.493 e. The lowest BCUT2D eigenvalue weighted by Gasteiger charge is -2.33. The van der Waals surface area contributed by atoms with Crippen molar-refractivity contribution in [3.8, 4) is 5.75 Å². The number of fused-ring (bicyclic) bond motifs is 1. The molecule has 4 rings (SSSR count). The maximum atomic E-state index is 13.7. The number of rotatable bonds is 4. The molecular formula is C19H20F2N2O3S. The van der Waals surface area contributed by atoms with Gasteiger partial charge in [-0.1, -0.05) is 6.07 Å². The third-order valence-electron chi connectivity index (χ3n) is 5.13. The maximum absolute atomic E-state index is 13.7. The fourth-order valence-corrected chi connectivity index (χ4v) is 5.05. The standard InChI is InChI=1S/C19H20F2N2O3S/c20-16-3-1-12(10-17(16)21)15-5-7-22-11-18(15)23-27(24,25)14-2-4-19-13(9-14)6-8-26-19/h1-4,9-10,15,18,22-23H,5-8,11H2.